The summed E-state index contributed by atoms with van der Waals surface area (Å²) in [5.41, 5.74) is 4.73. The van der Waals surface area contributed by atoms with Crippen molar-refractivity contribution in [1.29, 1.82) is 0 Å². The normalized spacial score (nSPS) is 15.9. The molecule has 1 aliphatic heterocycles. The molecule has 0 saturated heterocycles. The molecule has 1 aliphatic rings. The van der Waals surface area contributed by atoms with Crippen LogP contribution >= 0.6 is 0 Å². The third kappa shape index (κ3) is 2.46. The first-order valence-corrected chi connectivity index (χ1v) is 8.16. The number of aliphatic imine (C=N–C) groups is 1. The number of benzene rings is 2. The Labute approximate surface area is 140 Å². The monoisotopic (exact) mass is 317 g/mol. The van der Waals surface area contributed by atoms with Crippen LogP contribution in [0.3, 0.4) is 0 Å². The van der Waals surface area contributed by atoms with Crippen molar-refractivity contribution in [2.45, 2.75) is 32.7 Å². The number of aryl methyl sites for hydroxylation is 1. The maximum atomic E-state index is 12.6. The molecule has 2 aromatic carbocycles. The van der Waals surface area contributed by atoms with Crippen molar-refractivity contribution in [3.8, 4) is 0 Å². The maximum absolute atomic E-state index is 12.6. The summed E-state index contributed by atoms with van der Waals surface area (Å²) in [5, 5.41) is 0.910. The summed E-state index contributed by atoms with van der Waals surface area (Å²) >= 11 is 0. The molecule has 3 heteroatoms. The lowest BCUT2D eigenvalue weighted by Crippen LogP contribution is -2.31. The molecule has 3 aromatic rings. The van der Waals surface area contributed by atoms with Gasteiger partial charge in [0.05, 0.1) is 16.8 Å². The molecule has 0 amide bonds. The molecule has 3 nitrogen and oxygen atoms in total. The summed E-state index contributed by atoms with van der Waals surface area (Å²) in [7, 11) is 0. The Hall–Kier alpha value is -2.68. The number of hydrogen-bond acceptors (Lipinski definition) is 3. The molecule has 0 aliphatic carbocycles. The van der Waals surface area contributed by atoms with E-state index in [0.717, 1.165) is 28.6 Å². The molecule has 0 unspecified atom stereocenters. The zero-order chi connectivity index (χ0) is 16.9. The predicted octanol–water partition coefficient (Wildman–Crippen LogP) is 4.27. The van der Waals surface area contributed by atoms with E-state index in [-0.39, 0.29) is 11.2 Å². The molecule has 24 heavy (non-hydrogen) atoms. The summed E-state index contributed by atoms with van der Waals surface area (Å²) < 4.78 is 5.52. The summed E-state index contributed by atoms with van der Waals surface area (Å²) in [6.07, 6.45) is 0.866. The highest BCUT2D eigenvalue weighted by Gasteiger charge is 2.29. The van der Waals surface area contributed by atoms with E-state index in [1.54, 1.807) is 0 Å². The van der Waals surface area contributed by atoms with Crippen LogP contribution in [0.25, 0.3) is 11.0 Å². The van der Waals surface area contributed by atoms with E-state index in [2.05, 4.69) is 39.0 Å². The van der Waals surface area contributed by atoms with Gasteiger partial charge in [0.25, 0.3) is 0 Å². The molecular formula is C21H19NO2. The second kappa shape index (κ2) is 5.17. The first-order chi connectivity index (χ1) is 11.4. The van der Waals surface area contributed by atoms with Crippen LogP contribution in [0.2, 0.25) is 0 Å². The molecule has 1 aromatic heterocycles. The highest BCUT2D eigenvalue weighted by Crippen LogP contribution is 2.30. The third-order valence-corrected chi connectivity index (χ3v) is 4.45. The highest BCUT2D eigenvalue weighted by atomic mass is 16.4. The van der Waals surface area contributed by atoms with Crippen molar-refractivity contribution in [1.82, 2.24) is 0 Å². The number of nitrogens with zero attached hydrogens (tertiary/aromatic N) is 1. The van der Waals surface area contributed by atoms with Crippen molar-refractivity contribution in [2.24, 2.45) is 4.99 Å². The summed E-state index contributed by atoms with van der Waals surface area (Å²) in [5.74, 6) is 0. The maximum Gasteiger partial charge on any atom is 0.345 e. The van der Waals surface area contributed by atoms with Gasteiger partial charge in [-0.2, -0.15) is 0 Å². The van der Waals surface area contributed by atoms with Crippen molar-refractivity contribution in [3.63, 3.8) is 0 Å². The van der Waals surface area contributed by atoms with Gasteiger partial charge in [-0.1, -0.05) is 35.9 Å². The molecule has 0 bridgehead atoms. The summed E-state index contributed by atoms with van der Waals surface area (Å²) in [6, 6.07) is 15.8. The number of hydrogen-bond donors (Lipinski definition) is 0. The minimum atomic E-state index is -0.336. The standard InChI is InChI=1S/C21H19NO2/c1-13-8-9-15-12-21(2,3)22-19(16(15)10-13)17-11-14-6-4-5-7-18(14)24-20(17)23/h4-11H,12H2,1-3H3. The fourth-order valence-corrected chi connectivity index (χ4v) is 3.37. The highest BCUT2D eigenvalue weighted by molar-refractivity contribution is 6.15. The molecule has 0 atom stereocenters. The third-order valence-electron chi connectivity index (χ3n) is 4.45. The molecule has 120 valence electrons. The van der Waals surface area contributed by atoms with Crippen LogP contribution in [0.1, 0.15) is 36.1 Å². The quantitative estimate of drug-likeness (QED) is 0.629. The lowest BCUT2D eigenvalue weighted by molar-refractivity contribution is 0.512. The lowest BCUT2D eigenvalue weighted by Gasteiger charge is -2.29. The molecule has 4 rings (SSSR count). The number of para-hydroxylation sites is 1. The van der Waals surface area contributed by atoms with E-state index < -0.39 is 0 Å². The Morgan fingerprint density at radius 2 is 1.83 bits per heavy atom. The van der Waals surface area contributed by atoms with Crippen LogP contribution in [0, 0.1) is 6.92 Å². The second-order valence-corrected chi connectivity index (χ2v) is 7.10. The van der Waals surface area contributed by atoms with E-state index in [0.29, 0.717) is 11.1 Å². The molecule has 0 fully saturated rings. The average molecular weight is 317 g/mol. The van der Waals surface area contributed by atoms with Gasteiger partial charge in [-0.15, -0.1) is 0 Å². The first kappa shape index (κ1) is 14.9. The minimum absolute atomic E-state index is 0.240. The zero-order valence-corrected chi connectivity index (χ0v) is 14.1. The van der Waals surface area contributed by atoms with Crippen LogP contribution in [-0.4, -0.2) is 11.3 Å². The lowest BCUT2D eigenvalue weighted by atomic mass is 9.84. The van der Waals surface area contributed by atoms with Gasteiger partial charge >= 0.3 is 5.63 Å². The van der Waals surface area contributed by atoms with Gasteiger partial charge in [0, 0.05) is 10.9 Å². The van der Waals surface area contributed by atoms with Crippen molar-refractivity contribution in [2.75, 3.05) is 0 Å². The van der Waals surface area contributed by atoms with Crippen LogP contribution in [0.4, 0.5) is 0 Å². The first-order valence-electron chi connectivity index (χ1n) is 8.16. The van der Waals surface area contributed by atoms with Gasteiger partial charge in [-0.3, -0.25) is 4.99 Å². The Kier molecular flexibility index (Phi) is 3.20. The molecule has 0 saturated carbocycles. The number of rotatable bonds is 1. The van der Waals surface area contributed by atoms with Crippen LogP contribution in [-0.2, 0) is 6.42 Å². The largest absolute Gasteiger partial charge is 0.422 e. The fourth-order valence-electron chi connectivity index (χ4n) is 3.37. The molecule has 2 heterocycles. The van der Waals surface area contributed by atoms with Crippen molar-refractivity contribution >= 4 is 16.7 Å². The van der Waals surface area contributed by atoms with Crippen LogP contribution in [0.15, 0.2) is 62.7 Å². The molecule has 0 radical (unpaired) electrons. The van der Waals surface area contributed by atoms with E-state index in [1.165, 1.54) is 5.56 Å². The van der Waals surface area contributed by atoms with E-state index in [9.17, 15) is 4.79 Å². The Morgan fingerprint density at radius 1 is 1.04 bits per heavy atom. The molecule has 0 N–H and O–H groups in total. The van der Waals surface area contributed by atoms with E-state index in [4.69, 9.17) is 9.41 Å². The Morgan fingerprint density at radius 3 is 2.67 bits per heavy atom. The number of fused-ring (bicyclic) bond motifs is 2. The Bertz CT molecular complexity index is 1040. The second-order valence-electron chi connectivity index (χ2n) is 7.10. The van der Waals surface area contributed by atoms with E-state index in [1.807, 2.05) is 30.3 Å². The fraction of sp³-hybridized carbons (Fsp3) is 0.238. The van der Waals surface area contributed by atoms with Gasteiger partial charge in [0.1, 0.15) is 5.58 Å². The Balaban J connectivity index is 2.01. The topological polar surface area (TPSA) is 42.6 Å². The SMILES string of the molecule is Cc1ccc2c(c1)C(c1cc3ccccc3oc1=O)=NC(C)(C)C2. The minimum Gasteiger partial charge on any atom is -0.422 e. The van der Waals surface area contributed by atoms with Crippen LogP contribution < -0.4 is 5.63 Å². The summed E-state index contributed by atoms with van der Waals surface area (Å²) in [6.45, 7) is 6.25. The van der Waals surface area contributed by atoms with Gasteiger partial charge in [-0.05, 0) is 51.0 Å². The smallest absolute Gasteiger partial charge is 0.345 e. The van der Waals surface area contributed by atoms with Gasteiger partial charge < -0.3 is 4.42 Å². The summed E-state index contributed by atoms with van der Waals surface area (Å²) in [4.78, 5) is 17.5. The van der Waals surface area contributed by atoms with Crippen molar-refractivity contribution in [3.05, 3.63) is 81.2 Å². The van der Waals surface area contributed by atoms with Gasteiger partial charge in [-0.25, -0.2) is 4.79 Å². The predicted molar refractivity (Wildman–Crippen MR) is 97.1 cm³/mol. The zero-order valence-electron chi connectivity index (χ0n) is 14.1. The van der Waals surface area contributed by atoms with E-state index >= 15 is 0 Å². The molecule has 0 spiro atoms. The van der Waals surface area contributed by atoms with Crippen LogP contribution in [0.5, 0.6) is 0 Å². The van der Waals surface area contributed by atoms with Gasteiger partial charge in [0.2, 0.25) is 0 Å². The van der Waals surface area contributed by atoms with Gasteiger partial charge in [0.15, 0.2) is 0 Å². The van der Waals surface area contributed by atoms with Crippen molar-refractivity contribution < 1.29 is 4.42 Å². The molecular weight excluding hydrogens is 298 g/mol. The average Bonchev–Trinajstić information content (AvgIpc) is 2.53.